The zero-order chi connectivity index (χ0) is 19.9. The third kappa shape index (κ3) is 4.63. The minimum Gasteiger partial charge on any atom is -0.453 e. The van der Waals surface area contributed by atoms with Crippen molar-refractivity contribution in [1.29, 1.82) is 0 Å². The molecule has 2 amide bonds. The molecule has 0 aliphatic heterocycles. The Kier molecular flexibility index (Phi) is 5.83. The maximum atomic E-state index is 12.8. The van der Waals surface area contributed by atoms with E-state index in [1.54, 1.807) is 72.7 Å². The van der Waals surface area contributed by atoms with Crippen molar-refractivity contribution in [2.24, 2.45) is 7.05 Å². The van der Waals surface area contributed by atoms with Gasteiger partial charge in [0.05, 0.1) is 18.0 Å². The standard InChI is InChI=1S/C20H18N4O4/c1-24-13-15(12-21-24)28-18-9-5-3-7-16(18)20(26)22-17-8-4-2-6-14(17)10-11-19(25)23-27/h2-13,27H,1H3,(H,22,26)(H,23,25). The van der Waals surface area contributed by atoms with Gasteiger partial charge < -0.3 is 10.1 Å². The minimum absolute atomic E-state index is 0.346. The zero-order valence-corrected chi connectivity index (χ0v) is 15.0. The van der Waals surface area contributed by atoms with Crippen LogP contribution in [0.5, 0.6) is 11.5 Å². The SMILES string of the molecule is Cn1cc(Oc2ccccc2C(=O)Nc2ccccc2C=CC(=O)NO)cn1. The first-order chi connectivity index (χ1) is 13.6. The van der Waals surface area contributed by atoms with Crippen LogP contribution < -0.4 is 15.5 Å². The fraction of sp³-hybridized carbons (Fsp3) is 0.0500. The summed E-state index contributed by atoms with van der Waals surface area (Å²) in [6.07, 6.45) is 5.89. The van der Waals surface area contributed by atoms with Crippen LogP contribution in [-0.2, 0) is 11.8 Å². The van der Waals surface area contributed by atoms with Crippen LogP contribution in [-0.4, -0.2) is 26.8 Å². The third-order valence-corrected chi connectivity index (χ3v) is 3.77. The number of nitrogens with zero attached hydrogens (tertiary/aromatic N) is 2. The number of aryl methyl sites for hydroxylation is 1. The van der Waals surface area contributed by atoms with Gasteiger partial charge in [-0.2, -0.15) is 5.10 Å². The Hall–Kier alpha value is -3.91. The highest BCUT2D eigenvalue weighted by atomic mass is 16.5. The molecule has 0 bridgehead atoms. The number of hydroxylamine groups is 1. The predicted molar refractivity (Wildman–Crippen MR) is 103 cm³/mol. The van der Waals surface area contributed by atoms with Crippen molar-refractivity contribution < 1.29 is 19.5 Å². The lowest BCUT2D eigenvalue weighted by molar-refractivity contribution is -0.124. The highest BCUT2D eigenvalue weighted by Gasteiger charge is 2.14. The number of carbonyl (C=O) groups is 2. The Bertz CT molecular complexity index is 1030. The normalized spacial score (nSPS) is 10.6. The highest BCUT2D eigenvalue weighted by molar-refractivity contribution is 6.07. The first-order valence-corrected chi connectivity index (χ1v) is 8.35. The van der Waals surface area contributed by atoms with Crippen LogP contribution in [0, 0.1) is 0 Å². The lowest BCUT2D eigenvalue weighted by Gasteiger charge is -2.12. The van der Waals surface area contributed by atoms with Crippen LogP contribution in [0.2, 0.25) is 0 Å². The zero-order valence-electron chi connectivity index (χ0n) is 15.0. The summed E-state index contributed by atoms with van der Waals surface area (Å²) in [6.45, 7) is 0. The first kappa shape index (κ1) is 18.9. The van der Waals surface area contributed by atoms with Gasteiger partial charge in [0.1, 0.15) is 5.75 Å². The van der Waals surface area contributed by atoms with Gasteiger partial charge in [-0.15, -0.1) is 0 Å². The molecule has 0 aliphatic rings. The lowest BCUT2D eigenvalue weighted by Crippen LogP contribution is -2.15. The topological polar surface area (TPSA) is 105 Å². The maximum absolute atomic E-state index is 12.8. The number of carbonyl (C=O) groups excluding carboxylic acids is 2. The summed E-state index contributed by atoms with van der Waals surface area (Å²) in [5.74, 6) is -0.134. The maximum Gasteiger partial charge on any atom is 0.267 e. The summed E-state index contributed by atoms with van der Waals surface area (Å²) in [5, 5.41) is 15.4. The summed E-state index contributed by atoms with van der Waals surface area (Å²) < 4.78 is 7.37. The number of anilines is 1. The summed E-state index contributed by atoms with van der Waals surface area (Å²) in [4.78, 5) is 24.0. The number of rotatable bonds is 6. The van der Waals surface area contributed by atoms with E-state index in [-0.39, 0.29) is 5.91 Å². The second-order valence-corrected chi connectivity index (χ2v) is 5.80. The Morgan fingerprint density at radius 1 is 1.14 bits per heavy atom. The predicted octanol–water partition coefficient (Wildman–Crippen LogP) is 2.98. The van der Waals surface area contributed by atoms with Gasteiger partial charge in [0.15, 0.2) is 5.75 Å². The molecule has 0 atom stereocenters. The first-order valence-electron chi connectivity index (χ1n) is 8.35. The van der Waals surface area contributed by atoms with Gasteiger partial charge in [-0.05, 0) is 29.8 Å². The highest BCUT2D eigenvalue weighted by Crippen LogP contribution is 2.26. The average molecular weight is 378 g/mol. The van der Waals surface area contributed by atoms with Gasteiger partial charge in [0.25, 0.3) is 11.8 Å². The molecule has 1 aromatic heterocycles. The van der Waals surface area contributed by atoms with Gasteiger partial charge in [-0.1, -0.05) is 30.3 Å². The molecule has 0 radical (unpaired) electrons. The molecule has 0 aliphatic carbocycles. The van der Waals surface area contributed by atoms with Crippen molar-refractivity contribution in [3.05, 3.63) is 78.1 Å². The quantitative estimate of drug-likeness (QED) is 0.347. The third-order valence-electron chi connectivity index (χ3n) is 3.77. The van der Waals surface area contributed by atoms with E-state index in [0.29, 0.717) is 28.3 Å². The van der Waals surface area contributed by atoms with E-state index >= 15 is 0 Å². The largest absolute Gasteiger partial charge is 0.453 e. The van der Waals surface area contributed by atoms with Crippen molar-refractivity contribution >= 4 is 23.6 Å². The molecule has 0 saturated carbocycles. The van der Waals surface area contributed by atoms with E-state index in [1.165, 1.54) is 11.6 Å². The molecule has 8 nitrogen and oxygen atoms in total. The smallest absolute Gasteiger partial charge is 0.267 e. The Morgan fingerprint density at radius 2 is 1.89 bits per heavy atom. The van der Waals surface area contributed by atoms with Gasteiger partial charge in [0.2, 0.25) is 0 Å². The van der Waals surface area contributed by atoms with E-state index < -0.39 is 5.91 Å². The molecule has 0 saturated heterocycles. The molecular formula is C20H18N4O4. The second-order valence-electron chi connectivity index (χ2n) is 5.80. The number of hydrogen-bond donors (Lipinski definition) is 3. The number of amides is 2. The molecule has 142 valence electrons. The van der Waals surface area contributed by atoms with Crippen molar-refractivity contribution in [1.82, 2.24) is 15.3 Å². The number of para-hydroxylation sites is 2. The number of hydrogen-bond acceptors (Lipinski definition) is 5. The van der Waals surface area contributed by atoms with Crippen molar-refractivity contribution in [2.75, 3.05) is 5.32 Å². The molecule has 28 heavy (non-hydrogen) atoms. The summed E-state index contributed by atoms with van der Waals surface area (Å²) in [5.41, 5.74) is 2.97. The Morgan fingerprint density at radius 3 is 2.64 bits per heavy atom. The Labute approximate surface area is 161 Å². The van der Waals surface area contributed by atoms with Crippen LogP contribution in [0.1, 0.15) is 15.9 Å². The van der Waals surface area contributed by atoms with Gasteiger partial charge in [-0.25, -0.2) is 5.48 Å². The average Bonchev–Trinajstić information content (AvgIpc) is 3.12. The molecule has 1 heterocycles. The minimum atomic E-state index is -0.670. The van der Waals surface area contributed by atoms with Crippen LogP contribution in [0.3, 0.4) is 0 Å². The van der Waals surface area contributed by atoms with Crippen LogP contribution in [0.15, 0.2) is 67.0 Å². The van der Waals surface area contributed by atoms with Crippen LogP contribution in [0.25, 0.3) is 6.08 Å². The molecule has 8 heteroatoms. The van der Waals surface area contributed by atoms with E-state index in [2.05, 4.69) is 10.4 Å². The number of nitrogens with one attached hydrogen (secondary N) is 2. The fourth-order valence-corrected chi connectivity index (χ4v) is 2.47. The van der Waals surface area contributed by atoms with E-state index in [1.807, 2.05) is 0 Å². The second kappa shape index (κ2) is 8.65. The molecule has 3 rings (SSSR count). The summed E-state index contributed by atoms with van der Waals surface area (Å²) >= 11 is 0. The molecule has 2 aromatic carbocycles. The molecule has 3 aromatic rings. The van der Waals surface area contributed by atoms with Gasteiger partial charge in [-0.3, -0.25) is 19.5 Å². The van der Waals surface area contributed by atoms with Gasteiger partial charge in [0, 0.05) is 18.8 Å². The van der Waals surface area contributed by atoms with E-state index in [0.717, 1.165) is 6.08 Å². The monoisotopic (exact) mass is 378 g/mol. The Balaban J connectivity index is 1.83. The molecule has 3 N–H and O–H groups in total. The number of aromatic nitrogens is 2. The molecular weight excluding hydrogens is 360 g/mol. The fourth-order valence-electron chi connectivity index (χ4n) is 2.47. The summed E-state index contributed by atoms with van der Waals surface area (Å²) in [7, 11) is 1.77. The van der Waals surface area contributed by atoms with Crippen molar-refractivity contribution in [3.8, 4) is 11.5 Å². The van der Waals surface area contributed by atoms with Gasteiger partial charge >= 0.3 is 0 Å². The molecule has 0 fully saturated rings. The number of benzene rings is 2. The van der Waals surface area contributed by atoms with Crippen LogP contribution in [0.4, 0.5) is 5.69 Å². The molecule has 0 unspecified atom stereocenters. The van der Waals surface area contributed by atoms with Crippen molar-refractivity contribution in [3.63, 3.8) is 0 Å². The molecule has 0 spiro atoms. The van der Waals surface area contributed by atoms with E-state index in [9.17, 15) is 9.59 Å². The summed E-state index contributed by atoms with van der Waals surface area (Å²) in [6, 6.07) is 13.8. The van der Waals surface area contributed by atoms with Crippen LogP contribution >= 0.6 is 0 Å². The lowest BCUT2D eigenvalue weighted by atomic mass is 10.1. The van der Waals surface area contributed by atoms with E-state index in [4.69, 9.17) is 9.94 Å². The van der Waals surface area contributed by atoms with Crippen molar-refractivity contribution in [2.45, 2.75) is 0 Å². The number of ether oxygens (including phenoxy) is 1.